The number of para-hydroxylation sites is 2. The molecule has 5 nitrogen and oxygen atoms in total. The molecule has 1 heterocycles. The summed E-state index contributed by atoms with van der Waals surface area (Å²) in [5.41, 5.74) is 0.764. The van der Waals surface area contributed by atoms with Gasteiger partial charge in [-0.3, -0.25) is 4.79 Å². The second-order valence-corrected chi connectivity index (χ2v) is 5.77. The van der Waals surface area contributed by atoms with Crippen LogP contribution in [0, 0.1) is 0 Å². The molecule has 1 atom stereocenters. The SMILES string of the molecule is COc1ccccc1Oc1ccc(NC(=O)[C@H]2CCCCN2)cc1. The molecule has 1 aliphatic rings. The van der Waals surface area contributed by atoms with Crippen molar-refractivity contribution >= 4 is 11.6 Å². The highest BCUT2D eigenvalue weighted by Gasteiger charge is 2.20. The van der Waals surface area contributed by atoms with E-state index in [0.29, 0.717) is 17.2 Å². The van der Waals surface area contributed by atoms with Crippen LogP contribution in [0.2, 0.25) is 0 Å². The summed E-state index contributed by atoms with van der Waals surface area (Å²) in [5.74, 6) is 2.04. The predicted octanol–water partition coefficient (Wildman–Crippen LogP) is 3.57. The molecule has 1 fully saturated rings. The number of ether oxygens (including phenoxy) is 2. The summed E-state index contributed by atoms with van der Waals surface area (Å²) < 4.78 is 11.1. The number of anilines is 1. The predicted molar refractivity (Wildman–Crippen MR) is 93.8 cm³/mol. The number of carbonyl (C=O) groups excluding carboxylic acids is 1. The van der Waals surface area contributed by atoms with Gasteiger partial charge in [0.25, 0.3) is 0 Å². The van der Waals surface area contributed by atoms with Crippen LogP contribution in [0.25, 0.3) is 0 Å². The largest absolute Gasteiger partial charge is 0.493 e. The molecule has 0 spiro atoms. The van der Waals surface area contributed by atoms with Gasteiger partial charge in [0.15, 0.2) is 11.5 Å². The first kappa shape index (κ1) is 16.3. The number of carbonyl (C=O) groups is 1. The number of nitrogens with one attached hydrogen (secondary N) is 2. The molecule has 2 aromatic rings. The normalized spacial score (nSPS) is 17.1. The molecule has 1 amide bonds. The van der Waals surface area contributed by atoms with Crippen LogP contribution < -0.4 is 20.1 Å². The van der Waals surface area contributed by atoms with E-state index < -0.39 is 0 Å². The maximum absolute atomic E-state index is 12.2. The average Bonchev–Trinajstić information content (AvgIpc) is 2.64. The number of benzene rings is 2. The number of hydrogen-bond acceptors (Lipinski definition) is 4. The van der Waals surface area contributed by atoms with Gasteiger partial charge in [-0.15, -0.1) is 0 Å². The summed E-state index contributed by atoms with van der Waals surface area (Å²) in [6.45, 7) is 0.907. The van der Waals surface area contributed by atoms with Crippen LogP contribution in [0.3, 0.4) is 0 Å². The fourth-order valence-electron chi connectivity index (χ4n) is 2.74. The van der Waals surface area contributed by atoms with E-state index in [1.54, 1.807) is 7.11 Å². The molecule has 0 bridgehead atoms. The standard InChI is InChI=1S/C19H22N2O3/c1-23-17-7-2-3-8-18(17)24-15-11-9-14(10-12-15)21-19(22)16-6-4-5-13-20-16/h2-3,7-12,16,20H,4-6,13H2,1H3,(H,21,22)/t16-/m1/s1. The molecule has 2 N–H and O–H groups in total. The Balaban J connectivity index is 1.61. The number of piperidine rings is 1. The molecule has 0 unspecified atom stereocenters. The maximum Gasteiger partial charge on any atom is 0.241 e. The van der Waals surface area contributed by atoms with Gasteiger partial charge in [-0.25, -0.2) is 0 Å². The van der Waals surface area contributed by atoms with E-state index in [-0.39, 0.29) is 11.9 Å². The molecule has 0 radical (unpaired) electrons. The second-order valence-electron chi connectivity index (χ2n) is 5.77. The van der Waals surface area contributed by atoms with E-state index in [2.05, 4.69) is 10.6 Å². The van der Waals surface area contributed by atoms with Crippen LogP contribution in [0.1, 0.15) is 19.3 Å². The van der Waals surface area contributed by atoms with Gasteiger partial charge in [0, 0.05) is 5.69 Å². The van der Waals surface area contributed by atoms with Crippen LogP contribution in [0.5, 0.6) is 17.2 Å². The number of amides is 1. The van der Waals surface area contributed by atoms with E-state index in [1.807, 2.05) is 48.5 Å². The zero-order valence-corrected chi connectivity index (χ0v) is 13.7. The lowest BCUT2D eigenvalue weighted by atomic mass is 10.0. The van der Waals surface area contributed by atoms with Crippen molar-refractivity contribution in [1.29, 1.82) is 0 Å². The quantitative estimate of drug-likeness (QED) is 0.882. The highest BCUT2D eigenvalue weighted by Crippen LogP contribution is 2.31. The minimum atomic E-state index is -0.0942. The molecule has 126 valence electrons. The summed E-state index contributed by atoms with van der Waals surface area (Å²) in [5, 5.41) is 6.19. The van der Waals surface area contributed by atoms with Crippen LogP contribution in [-0.4, -0.2) is 25.6 Å². The molecule has 0 saturated carbocycles. The van der Waals surface area contributed by atoms with Crippen molar-refractivity contribution in [2.24, 2.45) is 0 Å². The Morgan fingerprint density at radius 1 is 1.08 bits per heavy atom. The molecule has 3 rings (SSSR count). The topological polar surface area (TPSA) is 59.6 Å². The molecule has 0 aromatic heterocycles. The molecule has 0 aliphatic carbocycles. The van der Waals surface area contributed by atoms with Crippen molar-refractivity contribution in [2.45, 2.75) is 25.3 Å². The minimum absolute atomic E-state index is 0.0214. The van der Waals surface area contributed by atoms with Gasteiger partial charge in [0.1, 0.15) is 5.75 Å². The van der Waals surface area contributed by atoms with Gasteiger partial charge in [0.2, 0.25) is 5.91 Å². The summed E-state index contributed by atoms with van der Waals surface area (Å²) in [4.78, 5) is 12.2. The summed E-state index contributed by atoms with van der Waals surface area (Å²) in [7, 11) is 1.61. The van der Waals surface area contributed by atoms with E-state index in [9.17, 15) is 4.79 Å². The van der Waals surface area contributed by atoms with Gasteiger partial charge in [-0.05, 0) is 55.8 Å². The first-order chi connectivity index (χ1) is 11.8. The summed E-state index contributed by atoms with van der Waals surface area (Å²) in [6.07, 6.45) is 3.12. The molecular weight excluding hydrogens is 304 g/mol. The van der Waals surface area contributed by atoms with Crippen LogP contribution in [0.15, 0.2) is 48.5 Å². The van der Waals surface area contributed by atoms with E-state index >= 15 is 0 Å². The van der Waals surface area contributed by atoms with Crippen molar-refractivity contribution in [3.05, 3.63) is 48.5 Å². The van der Waals surface area contributed by atoms with Crippen LogP contribution in [-0.2, 0) is 4.79 Å². The van der Waals surface area contributed by atoms with E-state index in [1.165, 1.54) is 0 Å². The fraction of sp³-hybridized carbons (Fsp3) is 0.316. The van der Waals surface area contributed by atoms with Gasteiger partial charge < -0.3 is 20.1 Å². The Kier molecular flexibility index (Phi) is 5.33. The fourth-order valence-corrected chi connectivity index (χ4v) is 2.74. The molecular formula is C19H22N2O3. The Morgan fingerprint density at radius 2 is 1.83 bits per heavy atom. The van der Waals surface area contributed by atoms with Gasteiger partial charge >= 0.3 is 0 Å². The lowest BCUT2D eigenvalue weighted by Gasteiger charge is -2.22. The lowest BCUT2D eigenvalue weighted by molar-refractivity contribution is -0.118. The van der Waals surface area contributed by atoms with Crippen LogP contribution >= 0.6 is 0 Å². The highest BCUT2D eigenvalue weighted by atomic mass is 16.5. The summed E-state index contributed by atoms with van der Waals surface area (Å²) >= 11 is 0. The molecule has 1 aliphatic heterocycles. The highest BCUT2D eigenvalue weighted by molar-refractivity contribution is 5.94. The third-order valence-corrected chi connectivity index (χ3v) is 4.05. The van der Waals surface area contributed by atoms with Gasteiger partial charge in [0.05, 0.1) is 13.2 Å². The Bertz CT molecular complexity index is 679. The van der Waals surface area contributed by atoms with Crippen LogP contribution in [0.4, 0.5) is 5.69 Å². The third-order valence-electron chi connectivity index (χ3n) is 4.05. The summed E-state index contributed by atoms with van der Waals surface area (Å²) in [6, 6.07) is 14.7. The minimum Gasteiger partial charge on any atom is -0.493 e. The second kappa shape index (κ2) is 7.84. The van der Waals surface area contributed by atoms with Crippen molar-refractivity contribution in [2.75, 3.05) is 19.0 Å². The Labute approximate surface area is 142 Å². The molecule has 24 heavy (non-hydrogen) atoms. The van der Waals surface area contributed by atoms with Crippen molar-refractivity contribution in [3.8, 4) is 17.2 Å². The Hall–Kier alpha value is -2.53. The first-order valence-corrected chi connectivity index (χ1v) is 8.21. The third kappa shape index (κ3) is 4.06. The average molecular weight is 326 g/mol. The van der Waals surface area contributed by atoms with E-state index in [0.717, 1.165) is 31.5 Å². The lowest BCUT2D eigenvalue weighted by Crippen LogP contribution is -2.43. The monoisotopic (exact) mass is 326 g/mol. The maximum atomic E-state index is 12.2. The first-order valence-electron chi connectivity index (χ1n) is 8.21. The molecule has 2 aromatic carbocycles. The smallest absolute Gasteiger partial charge is 0.241 e. The number of methoxy groups -OCH3 is 1. The number of hydrogen-bond donors (Lipinski definition) is 2. The van der Waals surface area contributed by atoms with Crippen molar-refractivity contribution in [1.82, 2.24) is 5.32 Å². The molecule has 1 saturated heterocycles. The zero-order chi connectivity index (χ0) is 16.8. The van der Waals surface area contributed by atoms with Gasteiger partial charge in [-0.1, -0.05) is 18.6 Å². The Morgan fingerprint density at radius 3 is 2.50 bits per heavy atom. The number of rotatable bonds is 5. The zero-order valence-electron chi connectivity index (χ0n) is 13.7. The van der Waals surface area contributed by atoms with Crippen molar-refractivity contribution in [3.63, 3.8) is 0 Å². The van der Waals surface area contributed by atoms with Gasteiger partial charge in [-0.2, -0.15) is 0 Å². The molecule has 5 heteroatoms. The van der Waals surface area contributed by atoms with E-state index in [4.69, 9.17) is 9.47 Å². The van der Waals surface area contributed by atoms with Crippen molar-refractivity contribution < 1.29 is 14.3 Å².